The van der Waals surface area contributed by atoms with Crippen molar-refractivity contribution in [3.63, 3.8) is 0 Å². The maximum atomic E-state index is 5.37. The Bertz CT molecular complexity index is 484. The molecule has 1 aliphatic carbocycles. The van der Waals surface area contributed by atoms with Crippen LogP contribution in [0.3, 0.4) is 0 Å². The fourth-order valence-electron chi connectivity index (χ4n) is 4.71. The highest BCUT2D eigenvalue weighted by atomic mass is 16.5. The molecule has 2 unspecified atom stereocenters. The SMILES string of the molecule is COc1ccc2c(c1)C[C@@H]1C3CCC(C[C@H]21)N3C. The van der Waals surface area contributed by atoms with Gasteiger partial charge < -0.3 is 9.64 Å². The van der Waals surface area contributed by atoms with Gasteiger partial charge in [0, 0.05) is 12.1 Å². The Morgan fingerprint density at radius 2 is 2.17 bits per heavy atom. The molecule has 2 heterocycles. The predicted molar refractivity (Wildman–Crippen MR) is 72.1 cm³/mol. The van der Waals surface area contributed by atoms with Gasteiger partial charge in [0.1, 0.15) is 5.75 Å². The zero-order valence-electron chi connectivity index (χ0n) is 11.2. The number of nitrogens with zero attached hydrogens (tertiary/aromatic N) is 1. The van der Waals surface area contributed by atoms with Gasteiger partial charge >= 0.3 is 0 Å². The van der Waals surface area contributed by atoms with Gasteiger partial charge in [0.25, 0.3) is 0 Å². The second-order valence-corrected chi connectivity index (χ2v) is 6.24. The van der Waals surface area contributed by atoms with Crippen LogP contribution < -0.4 is 4.74 Å². The van der Waals surface area contributed by atoms with Crippen molar-refractivity contribution in [2.75, 3.05) is 14.2 Å². The van der Waals surface area contributed by atoms with Crippen molar-refractivity contribution in [1.82, 2.24) is 4.90 Å². The molecule has 0 saturated carbocycles. The molecular weight excluding hydrogens is 222 g/mol. The normalized spacial score (nSPS) is 37.4. The molecule has 0 radical (unpaired) electrons. The number of piperidine rings is 1. The van der Waals surface area contributed by atoms with Gasteiger partial charge in [-0.2, -0.15) is 0 Å². The van der Waals surface area contributed by atoms with E-state index in [-0.39, 0.29) is 0 Å². The second kappa shape index (κ2) is 3.74. The highest BCUT2D eigenvalue weighted by molar-refractivity contribution is 5.43. The van der Waals surface area contributed by atoms with Crippen LogP contribution in [0.5, 0.6) is 5.75 Å². The van der Waals surface area contributed by atoms with Gasteiger partial charge in [0.05, 0.1) is 7.11 Å². The fraction of sp³-hybridized carbons (Fsp3) is 0.625. The van der Waals surface area contributed by atoms with E-state index in [4.69, 9.17) is 4.74 Å². The van der Waals surface area contributed by atoms with Crippen LogP contribution in [0.15, 0.2) is 18.2 Å². The van der Waals surface area contributed by atoms with E-state index < -0.39 is 0 Å². The average molecular weight is 243 g/mol. The zero-order chi connectivity index (χ0) is 12.3. The van der Waals surface area contributed by atoms with Crippen molar-refractivity contribution < 1.29 is 4.74 Å². The molecule has 2 fully saturated rings. The quantitative estimate of drug-likeness (QED) is 0.752. The molecule has 0 N–H and O–H groups in total. The van der Waals surface area contributed by atoms with Gasteiger partial charge in [-0.1, -0.05) is 6.07 Å². The van der Waals surface area contributed by atoms with Gasteiger partial charge in [-0.3, -0.25) is 0 Å². The van der Waals surface area contributed by atoms with Crippen LogP contribution in [-0.4, -0.2) is 31.1 Å². The van der Waals surface area contributed by atoms with E-state index in [1.807, 2.05) is 0 Å². The Hall–Kier alpha value is -1.02. The molecule has 4 atom stereocenters. The second-order valence-electron chi connectivity index (χ2n) is 6.24. The molecule has 2 bridgehead atoms. The summed E-state index contributed by atoms with van der Waals surface area (Å²) in [6.07, 6.45) is 5.46. The minimum absolute atomic E-state index is 0.819. The zero-order valence-corrected chi connectivity index (χ0v) is 11.2. The number of methoxy groups -OCH3 is 1. The summed E-state index contributed by atoms with van der Waals surface area (Å²) in [4.78, 5) is 2.66. The minimum Gasteiger partial charge on any atom is -0.497 e. The number of benzene rings is 1. The van der Waals surface area contributed by atoms with E-state index in [0.717, 1.165) is 29.7 Å². The van der Waals surface area contributed by atoms with E-state index in [0.29, 0.717) is 0 Å². The van der Waals surface area contributed by atoms with Crippen LogP contribution in [0.4, 0.5) is 0 Å². The lowest BCUT2D eigenvalue weighted by molar-refractivity contribution is 0.109. The first-order valence-electron chi connectivity index (χ1n) is 7.16. The molecule has 3 aliphatic rings. The molecule has 2 aliphatic heterocycles. The summed E-state index contributed by atoms with van der Waals surface area (Å²) in [7, 11) is 4.10. The summed E-state index contributed by atoms with van der Waals surface area (Å²) in [5, 5.41) is 0. The maximum absolute atomic E-state index is 5.37. The number of rotatable bonds is 1. The highest BCUT2D eigenvalue weighted by Gasteiger charge is 2.48. The third-order valence-electron chi connectivity index (χ3n) is 5.64. The molecule has 0 amide bonds. The van der Waals surface area contributed by atoms with Crippen LogP contribution in [-0.2, 0) is 6.42 Å². The Morgan fingerprint density at radius 1 is 1.28 bits per heavy atom. The lowest BCUT2D eigenvalue weighted by Crippen LogP contribution is -2.44. The predicted octanol–water partition coefficient (Wildman–Crippen LogP) is 2.82. The van der Waals surface area contributed by atoms with Crippen LogP contribution >= 0.6 is 0 Å². The van der Waals surface area contributed by atoms with Crippen molar-refractivity contribution in [3.05, 3.63) is 29.3 Å². The first-order chi connectivity index (χ1) is 8.78. The standard InChI is InChI=1S/C16H21NO/c1-17-11-3-6-16(17)15-8-10-7-12(18-2)4-5-13(10)14(15)9-11/h4-5,7,11,14-16H,3,6,8-9H2,1-2H3/t11?,14-,15+,16?/m1/s1. The van der Waals surface area contributed by atoms with Gasteiger partial charge in [0.2, 0.25) is 0 Å². The molecule has 0 aromatic heterocycles. The first-order valence-corrected chi connectivity index (χ1v) is 7.16. The van der Waals surface area contributed by atoms with Gasteiger partial charge in [0.15, 0.2) is 0 Å². The maximum Gasteiger partial charge on any atom is 0.119 e. The third kappa shape index (κ3) is 1.33. The van der Waals surface area contributed by atoms with Gasteiger partial charge in [-0.15, -0.1) is 0 Å². The van der Waals surface area contributed by atoms with E-state index >= 15 is 0 Å². The van der Waals surface area contributed by atoms with Crippen LogP contribution in [0.25, 0.3) is 0 Å². The molecular formula is C16H21NO. The average Bonchev–Trinajstić information content (AvgIpc) is 2.86. The third-order valence-corrected chi connectivity index (χ3v) is 5.64. The molecule has 2 nitrogen and oxygen atoms in total. The molecule has 96 valence electrons. The topological polar surface area (TPSA) is 12.5 Å². The van der Waals surface area contributed by atoms with E-state index in [1.54, 1.807) is 18.2 Å². The van der Waals surface area contributed by atoms with E-state index in [1.165, 1.54) is 25.7 Å². The van der Waals surface area contributed by atoms with Crippen molar-refractivity contribution >= 4 is 0 Å². The Balaban J connectivity index is 1.73. The molecule has 2 heteroatoms. The molecule has 1 aromatic rings. The fourth-order valence-corrected chi connectivity index (χ4v) is 4.71. The number of fused-ring (bicyclic) bond motifs is 6. The molecule has 1 aromatic carbocycles. The van der Waals surface area contributed by atoms with E-state index in [2.05, 4.69) is 30.1 Å². The minimum atomic E-state index is 0.819. The Labute approximate surface area is 109 Å². The molecule has 2 saturated heterocycles. The summed E-state index contributed by atoms with van der Waals surface area (Å²) in [5.41, 5.74) is 3.16. The first kappa shape index (κ1) is 10.9. The van der Waals surface area contributed by atoms with Crippen molar-refractivity contribution in [2.45, 2.75) is 43.7 Å². The monoisotopic (exact) mass is 243 g/mol. The Morgan fingerprint density at radius 3 is 3.00 bits per heavy atom. The highest BCUT2D eigenvalue weighted by Crippen LogP contribution is 2.52. The number of hydrogen-bond acceptors (Lipinski definition) is 2. The number of hydrogen-bond donors (Lipinski definition) is 0. The lowest BCUT2D eigenvalue weighted by Gasteiger charge is -2.40. The molecule has 0 spiro atoms. The van der Waals surface area contributed by atoms with Crippen LogP contribution in [0, 0.1) is 5.92 Å². The summed E-state index contributed by atoms with van der Waals surface area (Å²) in [6, 6.07) is 8.39. The lowest BCUT2D eigenvalue weighted by atomic mass is 9.81. The largest absolute Gasteiger partial charge is 0.497 e. The van der Waals surface area contributed by atoms with Crippen molar-refractivity contribution in [2.24, 2.45) is 5.92 Å². The summed E-state index contributed by atoms with van der Waals surface area (Å²) in [6.45, 7) is 0. The summed E-state index contributed by atoms with van der Waals surface area (Å²) in [5.74, 6) is 2.70. The Kier molecular flexibility index (Phi) is 2.25. The molecule has 4 rings (SSSR count). The molecule has 18 heavy (non-hydrogen) atoms. The van der Waals surface area contributed by atoms with Crippen molar-refractivity contribution in [3.8, 4) is 5.75 Å². The number of ether oxygens (including phenoxy) is 1. The van der Waals surface area contributed by atoms with Crippen molar-refractivity contribution in [1.29, 1.82) is 0 Å². The van der Waals surface area contributed by atoms with Crippen LogP contribution in [0.1, 0.15) is 36.3 Å². The van der Waals surface area contributed by atoms with E-state index in [9.17, 15) is 0 Å². The summed E-state index contributed by atoms with van der Waals surface area (Å²) < 4.78 is 5.37. The smallest absolute Gasteiger partial charge is 0.119 e. The summed E-state index contributed by atoms with van der Waals surface area (Å²) >= 11 is 0. The van der Waals surface area contributed by atoms with Crippen LogP contribution in [0.2, 0.25) is 0 Å². The van der Waals surface area contributed by atoms with Gasteiger partial charge in [-0.05, 0) is 67.8 Å². The van der Waals surface area contributed by atoms with Gasteiger partial charge in [-0.25, -0.2) is 0 Å².